The SMILES string of the molecule is CCC[C@H](OC1C(OC(=O)c2ccccc2)[C@H](O[C@@H]2CC(C(=O)NCCO[C@H]3OC(CO)[C@@H](O)C(OCc4cc5ccccc5oc4=O)C3O)CC(CC)C2O[C@@H]2OC(C)[C@@H](O)C(O)C2O)OC(CO)[C@@H]1O)C(=O)N1CCC1. The molecule has 5 aliphatic rings. The van der Waals surface area contributed by atoms with Gasteiger partial charge in [0, 0.05) is 30.9 Å². The Kier molecular flexibility index (Phi) is 20.8. The van der Waals surface area contributed by atoms with Crippen LogP contribution < -0.4 is 10.9 Å². The van der Waals surface area contributed by atoms with Crippen LogP contribution in [0.2, 0.25) is 0 Å². The van der Waals surface area contributed by atoms with Crippen molar-refractivity contribution in [1.82, 2.24) is 10.2 Å². The number of carbonyl (C=O) groups is 3. The average Bonchev–Trinajstić information content (AvgIpc) is 3.50. The number of ether oxygens (including phenoxy) is 9. The zero-order chi connectivity index (χ0) is 55.8. The first kappa shape index (κ1) is 59.5. The average molecular weight is 1100 g/mol. The number of fused-ring (bicyclic) bond motifs is 1. The molecule has 8 rings (SSSR count). The van der Waals surface area contributed by atoms with Gasteiger partial charge in [-0.25, -0.2) is 9.59 Å². The number of carbonyl (C=O) groups excluding carboxylic acids is 3. The van der Waals surface area contributed by atoms with Crippen molar-refractivity contribution in [3.63, 3.8) is 0 Å². The fourth-order valence-corrected chi connectivity index (χ4v) is 10.6. The number of hydrogen-bond acceptors (Lipinski definition) is 22. The molecule has 5 fully saturated rings. The van der Waals surface area contributed by atoms with E-state index in [1.54, 1.807) is 53.4 Å². The summed E-state index contributed by atoms with van der Waals surface area (Å²) in [5.41, 5.74) is -0.0853. The van der Waals surface area contributed by atoms with Crippen molar-refractivity contribution in [3.8, 4) is 0 Å². The van der Waals surface area contributed by atoms with E-state index in [4.69, 9.17) is 47.0 Å². The Morgan fingerprint density at radius 2 is 1.44 bits per heavy atom. The van der Waals surface area contributed by atoms with Crippen LogP contribution in [0, 0.1) is 11.8 Å². The van der Waals surface area contributed by atoms with Crippen molar-refractivity contribution in [2.75, 3.05) is 39.5 Å². The van der Waals surface area contributed by atoms with E-state index in [-0.39, 0.29) is 56.1 Å². The lowest BCUT2D eigenvalue weighted by atomic mass is 9.75. The number of aliphatic hydroxyl groups is 8. The molecule has 0 spiro atoms. The summed E-state index contributed by atoms with van der Waals surface area (Å²) in [5, 5.41) is 90.7. The number of aliphatic hydroxyl groups excluding tert-OH is 8. The maximum absolute atomic E-state index is 14.3. The number of rotatable bonds is 22. The number of para-hydroxylation sites is 1. The summed E-state index contributed by atoms with van der Waals surface area (Å²) in [4.78, 5) is 56.3. The summed E-state index contributed by atoms with van der Waals surface area (Å²) in [6.07, 6.45) is -23.9. The Morgan fingerprint density at radius 3 is 2.12 bits per heavy atom. The van der Waals surface area contributed by atoms with Crippen molar-refractivity contribution in [3.05, 3.63) is 82.2 Å². The van der Waals surface area contributed by atoms with Crippen LogP contribution in [0.3, 0.4) is 0 Å². The number of benzene rings is 2. The molecule has 1 aromatic heterocycles. The Morgan fingerprint density at radius 1 is 0.744 bits per heavy atom. The highest BCUT2D eigenvalue weighted by molar-refractivity contribution is 5.89. The molecule has 3 aromatic rings. The lowest BCUT2D eigenvalue weighted by Gasteiger charge is -2.49. The molecule has 5 heterocycles. The van der Waals surface area contributed by atoms with E-state index in [0.717, 1.165) is 6.42 Å². The summed E-state index contributed by atoms with van der Waals surface area (Å²) in [6, 6.07) is 16.4. The number of nitrogens with zero attached hydrogens (tertiary/aromatic N) is 1. The van der Waals surface area contributed by atoms with Crippen LogP contribution in [0.1, 0.15) is 75.2 Å². The topological polar surface area (TPSA) is 342 Å². The van der Waals surface area contributed by atoms with Gasteiger partial charge in [-0.05, 0) is 62.8 Å². The molecule has 24 heteroatoms. The monoisotopic (exact) mass is 1100 g/mol. The lowest BCUT2D eigenvalue weighted by Crippen LogP contribution is -2.64. The molecule has 20 atom stereocenters. The van der Waals surface area contributed by atoms with Gasteiger partial charge in [0.15, 0.2) is 25.0 Å². The summed E-state index contributed by atoms with van der Waals surface area (Å²) >= 11 is 0. The first-order valence-corrected chi connectivity index (χ1v) is 26.9. The van der Waals surface area contributed by atoms with E-state index < -0.39 is 153 Å². The fraction of sp³-hybridized carbons (Fsp3) is 0.667. The zero-order valence-electron chi connectivity index (χ0n) is 43.8. The summed E-state index contributed by atoms with van der Waals surface area (Å²) < 4.78 is 60.7. The molecule has 2 amide bonds. The van der Waals surface area contributed by atoms with Gasteiger partial charge in [-0.1, -0.05) is 63.1 Å². The van der Waals surface area contributed by atoms with Gasteiger partial charge in [-0.2, -0.15) is 0 Å². The van der Waals surface area contributed by atoms with E-state index in [1.165, 1.54) is 19.1 Å². The standard InChI is InChI=1S/C54H74N2O22/c1-4-12-34(49(66)56-18-11-19-56)72-46-40(61)37(25-58)76-54(47(46)77-50(67)29-13-7-6-8-14-29)74-35-23-31(21-28(5-2)44(35)78-53-42(63)41(62)38(59)27(3)71-53)48(65)55-17-20-69-52-43(64)45(39(60)36(24-57)75-52)70-26-32-22-30-15-9-10-16-33(30)73-51(32)68/h6-10,13-16,22,27-28,31,34-47,52-54,57-64H,4-5,11-12,17-21,23-26H2,1-3H3,(H,55,65)/t27?,28?,31?,34-,35+,36?,37?,38+,39+,40-,41?,42?,43?,44?,45?,46?,47?,52-,53-,54+/m0/s1. The van der Waals surface area contributed by atoms with Crippen LogP contribution in [0.5, 0.6) is 0 Å². The number of likely N-dealkylation sites (tertiary alicyclic amines) is 1. The maximum Gasteiger partial charge on any atom is 0.341 e. The number of nitrogens with one attached hydrogen (secondary N) is 1. The maximum atomic E-state index is 14.3. The summed E-state index contributed by atoms with van der Waals surface area (Å²) in [7, 11) is 0. The molecule has 1 saturated carbocycles. The van der Waals surface area contributed by atoms with Gasteiger partial charge in [-0.15, -0.1) is 0 Å². The molecule has 78 heavy (non-hydrogen) atoms. The smallest absolute Gasteiger partial charge is 0.341 e. The molecule has 4 saturated heterocycles. The summed E-state index contributed by atoms with van der Waals surface area (Å²) in [6.45, 7) is 3.98. The minimum absolute atomic E-state index is 0.113. The van der Waals surface area contributed by atoms with Gasteiger partial charge in [-0.3, -0.25) is 9.59 Å². The molecule has 432 valence electrons. The van der Waals surface area contributed by atoms with E-state index in [1.807, 2.05) is 13.8 Å². The van der Waals surface area contributed by atoms with Crippen molar-refractivity contribution in [2.45, 2.75) is 176 Å². The Balaban J connectivity index is 1.01. The fourth-order valence-electron chi connectivity index (χ4n) is 10.6. The minimum Gasteiger partial charge on any atom is -0.450 e. The Bertz CT molecular complexity index is 2480. The quantitative estimate of drug-likeness (QED) is 0.0344. The first-order chi connectivity index (χ1) is 37.5. The van der Waals surface area contributed by atoms with Crippen LogP contribution in [-0.2, 0) is 58.8 Å². The second kappa shape index (κ2) is 27.3. The Hall–Kier alpha value is -4.58. The van der Waals surface area contributed by atoms with Crippen LogP contribution in [0.15, 0.2) is 69.9 Å². The third kappa shape index (κ3) is 13.6. The van der Waals surface area contributed by atoms with Gasteiger partial charge in [0.05, 0.1) is 55.9 Å². The Labute approximate surface area is 450 Å². The minimum atomic E-state index is -1.73. The van der Waals surface area contributed by atoms with Crippen LogP contribution in [-0.4, -0.2) is 213 Å². The third-order valence-electron chi connectivity index (χ3n) is 15.3. The molecule has 9 N–H and O–H groups in total. The predicted molar refractivity (Wildman–Crippen MR) is 269 cm³/mol. The van der Waals surface area contributed by atoms with Crippen LogP contribution in [0.4, 0.5) is 0 Å². The molecular weight excluding hydrogens is 1030 g/mol. The van der Waals surface area contributed by atoms with E-state index in [0.29, 0.717) is 36.9 Å². The predicted octanol–water partition coefficient (Wildman–Crippen LogP) is -0.626. The second-order valence-corrected chi connectivity index (χ2v) is 20.5. The molecule has 24 nitrogen and oxygen atoms in total. The molecule has 2 aromatic carbocycles. The normalized spacial score (nSPS) is 35.6. The highest BCUT2D eigenvalue weighted by Crippen LogP contribution is 2.40. The third-order valence-corrected chi connectivity index (χ3v) is 15.3. The largest absolute Gasteiger partial charge is 0.450 e. The van der Waals surface area contributed by atoms with Crippen molar-refractivity contribution < 1.29 is 102 Å². The van der Waals surface area contributed by atoms with Crippen LogP contribution >= 0.6 is 0 Å². The molecule has 4 aliphatic heterocycles. The van der Waals surface area contributed by atoms with Gasteiger partial charge in [0.2, 0.25) is 5.91 Å². The number of amides is 2. The molecular formula is C54H74N2O22. The van der Waals surface area contributed by atoms with Gasteiger partial charge < -0.3 is 98.1 Å². The van der Waals surface area contributed by atoms with Crippen LogP contribution in [0.25, 0.3) is 11.0 Å². The molecule has 1 aliphatic carbocycles. The van der Waals surface area contributed by atoms with Crippen molar-refractivity contribution in [1.29, 1.82) is 0 Å². The van der Waals surface area contributed by atoms with E-state index in [2.05, 4.69) is 5.32 Å². The van der Waals surface area contributed by atoms with Gasteiger partial charge in [0.25, 0.3) is 5.91 Å². The van der Waals surface area contributed by atoms with Crippen molar-refractivity contribution >= 4 is 28.8 Å². The van der Waals surface area contributed by atoms with E-state index in [9.17, 15) is 60.0 Å². The second-order valence-electron chi connectivity index (χ2n) is 20.5. The zero-order valence-corrected chi connectivity index (χ0v) is 43.8. The highest BCUT2D eigenvalue weighted by Gasteiger charge is 2.54. The number of hydrogen-bond donors (Lipinski definition) is 9. The number of esters is 1. The molecule has 0 bridgehead atoms. The van der Waals surface area contributed by atoms with Crippen molar-refractivity contribution in [2.24, 2.45) is 11.8 Å². The highest BCUT2D eigenvalue weighted by atomic mass is 16.7. The molecule has 0 radical (unpaired) electrons. The van der Waals surface area contributed by atoms with Gasteiger partial charge >= 0.3 is 11.6 Å². The summed E-state index contributed by atoms with van der Waals surface area (Å²) in [5.74, 6) is -3.08. The van der Waals surface area contributed by atoms with E-state index >= 15 is 0 Å². The van der Waals surface area contributed by atoms with Gasteiger partial charge in [0.1, 0.15) is 72.7 Å². The first-order valence-electron chi connectivity index (χ1n) is 26.9. The molecule has 12 unspecified atom stereocenters. The lowest BCUT2D eigenvalue weighted by molar-refractivity contribution is -0.349.